The average Bonchev–Trinajstić information content (AvgIpc) is 3.39. The van der Waals surface area contributed by atoms with Crippen molar-refractivity contribution in [2.45, 2.75) is 58.0 Å². The first kappa shape index (κ1) is 19.9. The van der Waals surface area contributed by atoms with Crippen molar-refractivity contribution >= 4 is 29.9 Å². The minimum absolute atomic E-state index is 0. The molecule has 1 aliphatic carbocycles. The number of halogens is 1. The molecular formula is C18H31IN6O. The minimum Gasteiger partial charge on any atom is -0.381 e. The fourth-order valence-electron chi connectivity index (χ4n) is 4.00. The minimum atomic E-state index is 0. The molecule has 8 heteroatoms. The molecule has 0 aromatic carbocycles. The molecule has 3 aliphatic rings. The fraction of sp³-hybridized carbons (Fsp3) is 0.833. The van der Waals surface area contributed by atoms with Crippen LogP contribution in [0.1, 0.15) is 50.2 Å². The van der Waals surface area contributed by atoms with Crippen LogP contribution in [0.3, 0.4) is 0 Å². The average molecular weight is 474 g/mol. The molecule has 7 nitrogen and oxygen atoms in total. The maximum Gasteiger partial charge on any atom is 0.194 e. The third kappa shape index (κ3) is 4.49. The second-order valence-electron chi connectivity index (χ2n) is 7.96. The molecule has 146 valence electrons. The highest BCUT2D eigenvalue weighted by Crippen LogP contribution is 2.37. The second kappa shape index (κ2) is 8.41. The number of piperidine rings is 1. The number of hydrogen-bond acceptors (Lipinski definition) is 4. The first-order valence-electron chi connectivity index (χ1n) is 9.64. The Morgan fingerprint density at radius 1 is 1.31 bits per heavy atom. The number of hydrogen-bond donors (Lipinski definition) is 1. The number of aliphatic imine (C=N–C) groups is 1. The Kier molecular flexibility index (Phi) is 6.42. The predicted molar refractivity (Wildman–Crippen MR) is 112 cm³/mol. The van der Waals surface area contributed by atoms with Gasteiger partial charge in [-0.2, -0.15) is 0 Å². The van der Waals surface area contributed by atoms with Crippen LogP contribution in [-0.4, -0.2) is 58.0 Å². The zero-order chi connectivity index (χ0) is 17.3. The Labute approximate surface area is 173 Å². The maximum absolute atomic E-state index is 5.82. The first-order valence-corrected chi connectivity index (χ1v) is 9.64. The van der Waals surface area contributed by atoms with Gasteiger partial charge in [0.1, 0.15) is 12.4 Å². The number of guanidine groups is 1. The number of likely N-dealkylation sites (tertiary alicyclic amines) is 1. The van der Waals surface area contributed by atoms with E-state index in [-0.39, 0.29) is 24.0 Å². The van der Waals surface area contributed by atoms with E-state index in [1.807, 2.05) is 18.5 Å². The van der Waals surface area contributed by atoms with E-state index in [4.69, 9.17) is 9.73 Å². The Morgan fingerprint density at radius 3 is 2.77 bits per heavy atom. The molecule has 26 heavy (non-hydrogen) atoms. The summed E-state index contributed by atoms with van der Waals surface area (Å²) in [5.41, 5.74) is 0.323. The van der Waals surface area contributed by atoms with Crippen LogP contribution in [0, 0.1) is 12.3 Å². The SMILES string of the molecule is Cc1nnc(CN=C(NC2CC2)N2CCCC3(CCCOC3)C2)n1C.I. The lowest BCUT2D eigenvalue weighted by Gasteiger charge is -2.45. The van der Waals surface area contributed by atoms with Gasteiger partial charge in [0.25, 0.3) is 0 Å². The molecular weight excluding hydrogens is 443 g/mol. The van der Waals surface area contributed by atoms with E-state index >= 15 is 0 Å². The third-order valence-electron chi connectivity index (χ3n) is 5.83. The van der Waals surface area contributed by atoms with Crippen LogP contribution in [0.5, 0.6) is 0 Å². The lowest BCUT2D eigenvalue weighted by Crippen LogP contribution is -2.53. The number of nitrogens with zero attached hydrogens (tertiary/aromatic N) is 5. The van der Waals surface area contributed by atoms with Gasteiger partial charge in [0, 0.05) is 38.2 Å². The van der Waals surface area contributed by atoms with Crippen LogP contribution >= 0.6 is 24.0 Å². The van der Waals surface area contributed by atoms with Gasteiger partial charge >= 0.3 is 0 Å². The van der Waals surface area contributed by atoms with Crippen LogP contribution in [-0.2, 0) is 18.3 Å². The summed E-state index contributed by atoms with van der Waals surface area (Å²) >= 11 is 0. The second-order valence-corrected chi connectivity index (χ2v) is 7.96. The monoisotopic (exact) mass is 474 g/mol. The van der Waals surface area contributed by atoms with Crippen LogP contribution < -0.4 is 5.32 Å². The standard InChI is InChI=1S/C18H30N6O.HI/c1-14-21-22-16(23(14)2)11-19-17(20-15-5-6-15)24-9-3-7-18(12-24)8-4-10-25-13-18;/h15H,3-13H2,1-2H3,(H,19,20);1H. The van der Waals surface area contributed by atoms with Gasteiger partial charge in [0.05, 0.1) is 6.61 Å². The molecule has 4 rings (SSSR count). The summed E-state index contributed by atoms with van der Waals surface area (Å²) in [5.74, 6) is 2.89. The highest BCUT2D eigenvalue weighted by molar-refractivity contribution is 14.0. The van der Waals surface area contributed by atoms with E-state index in [0.29, 0.717) is 18.0 Å². The summed E-state index contributed by atoms with van der Waals surface area (Å²) in [6, 6.07) is 0.598. The van der Waals surface area contributed by atoms with Crippen molar-refractivity contribution in [3.63, 3.8) is 0 Å². The topological polar surface area (TPSA) is 67.6 Å². The molecule has 2 aliphatic heterocycles. The summed E-state index contributed by atoms with van der Waals surface area (Å²) < 4.78 is 7.84. The molecule has 1 N–H and O–H groups in total. The lowest BCUT2D eigenvalue weighted by molar-refractivity contribution is -0.0370. The van der Waals surface area contributed by atoms with E-state index < -0.39 is 0 Å². The molecule has 1 aromatic heterocycles. The number of aromatic nitrogens is 3. The highest BCUT2D eigenvalue weighted by Gasteiger charge is 2.39. The van der Waals surface area contributed by atoms with Crippen molar-refractivity contribution in [2.24, 2.45) is 17.5 Å². The highest BCUT2D eigenvalue weighted by atomic mass is 127. The Morgan fingerprint density at radius 2 is 2.12 bits per heavy atom. The van der Waals surface area contributed by atoms with Gasteiger partial charge < -0.3 is 19.5 Å². The van der Waals surface area contributed by atoms with Crippen LogP contribution in [0.15, 0.2) is 4.99 Å². The normalized spacial score (nSPS) is 26.7. The van der Waals surface area contributed by atoms with Gasteiger partial charge in [-0.3, -0.25) is 0 Å². The predicted octanol–water partition coefficient (Wildman–Crippen LogP) is 2.24. The fourth-order valence-corrected chi connectivity index (χ4v) is 4.00. The quantitative estimate of drug-likeness (QED) is 0.414. The third-order valence-corrected chi connectivity index (χ3v) is 5.83. The zero-order valence-electron chi connectivity index (χ0n) is 15.9. The van der Waals surface area contributed by atoms with Crippen LogP contribution in [0.2, 0.25) is 0 Å². The smallest absolute Gasteiger partial charge is 0.194 e. The van der Waals surface area contributed by atoms with Gasteiger partial charge in [-0.15, -0.1) is 34.2 Å². The maximum atomic E-state index is 5.82. The van der Waals surface area contributed by atoms with Gasteiger partial charge in [-0.25, -0.2) is 4.99 Å². The molecule has 0 bridgehead atoms. The molecule has 3 heterocycles. The Bertz CT molecular complexity index is 630. The summed E-state index contributed by atoms with van der Waals surface area (Å²) in [7, 11) is 2.00. The van der Waals surface area contributed by atoms with Gasteiger partial charge in [-0.1, -0.05) is 0 Å². The van der Waals surface area contributed by atoms with Crippen molar-refractivity contribution < 1.29 is 4.74 Å². The first-order chi connectivity index (χ1) is 12.2. The van der Waals surface area contributed by atoms with Crippen molar-refractivity contribution in [1.82, 2.24) is 25.0 Å². The van der Waals surface area contributed by atoms with Gasteiger partial charge in [0.2, 0.25) is 0 Å². The summed E-state index contributed by atoms with van der Waals surface area (Å²) in [4.78, 5) is 7.38. The number of aryl methyl sites for hydroxylation is 1. The number of nitrogens with one attached hydrogen (secondary N) is 1. The molecule has 0 amide bonds. The van der Waals surface area contributed by atoms with E-state index in [1.54, 1.807) is 0 Å². The molecule has 1 unspecified atom stereocenters. The largest absolute Gasteiger partial charge is 0.381 e. The molecule has 1 aromatic rings. The zero-order valence-corrected chi connectivity index (χ0v) is 18.2. The molecule has 2 saturated heterocycles. The summed E-state index contributed by atoms with van der Waals surface area (Å²) in [6.07, 6.45) is 7.48. The van der Waals surface area contributed by atoms with E-state index in [9.17, 15) is 0 Å². The van der Waals surface area contributed by atoms with E-state index in [1.165, 1.54) is 38.5 Å². The van der Waals surface area contributed by atoms with Gasteiger partial charge in [-0.05, 0) is 45.4 Å². The summed E-state index contributed by atoms with van der Waals surface area (Å²) in [5, 5.41) is 12.0. The van der Waals surface area contributed by atoms with Crippen molar-refractivity contribution in [3.8, 4) is 0 Å². The summed E-state index contributed by atoms with van der Waals surface area (Å²) in [6.45, 7) is 6.52. The van der Waals surface area contributed by atoms with Gasteiger partial charge in [0.15, 0.2) is 11.8 Å². The van der Waals surface area contributed by atoms with Crippen molar-refractivity contribution in [3.05, 3.63) is 11.6 Å². The lowest BCUT2D eigenvalue weighted by atomic mass is 9.76. The Hall–Kier alpha value is -0.900. The Balaban J connectivity index is 0.00000196. The molecule has 1 saturated carbocycles. The van der Waals surface area contributed by atoms with Crippen LogP contribution in [0.4, 0.5) is 0 Å². The molecule has 0 radical (unpaired) electrons. The van der Waals surface area contributed by atoms with Crippen molar-refractivity contribution in [1.29, 1.82) is 0 Å². The van der Waals surface area contributed by atoms with E-state index in [0.717, 1.165) is 43.9 Å². The van der Waals surface area contributed by atoms with Crippen LogP contribution in [0.25, 0.3) is 0 Å². The molecule has 1 atom stereocenters. The number of rotatable bonds is 3. The van der Waals surface area contributed by atoms with Crippen molar-refractivity contribution in [2.75, 3.05) is 26.3 Å². The molecule has 3 fully saturated rings. The van der Waals surface area contributed by atoms with E-state index in [2.05, 4.69) is 20.4 Å². The molecule has 1 spiro atoms. The number of ether oxygens (including phenoxy) is 1.